The van der Waals surface area contributed by atoms with Crippen molar-refractivity contribution in [2.75, 3.05) is 10.2 Å². The van der Waals surface area contributed by atoms with Crippen LogP contribution < -0.4 is 10.2 Å². The number of hydrogen-bond acceptors (Lipinski definition) is 6. The van der Waals surface area contributed by atoms with Crippen molar-refractivity contribution in [3.63, 3.8) is 0 Å². The molecule has 132 valence electrons. The molecule has 0 radical (unpaired) electrons. The molecule has 26 heavy (non-hydrogen) atoms. The first-order valence-corrected chi connectivity index (χ1v) is 8.49. The number of rotatable bonds is 3. The van der Waals surface area contributed by atoms with E-state index in [1.165, 1.54) is 5.56 Å². The zero-order chi connectivity index (χ0) is 18.3. The molecule has 1 N–H and O–H groups in total. The predicted octanol–water partition coefficient (Wildman–Crippen LogP) is 3.42. The van der Waals surface area contributed by atoms with Crippen molar-refractivity contribution in [2.45, 2.75) is 33.2 Å². The Morgan fingerprint density at radius 1 is 1.19 bits per heavy atom. The molecule has 4 rings (SSSR count). The Balaban J connectivity index is 1.66. The van der Waals surface area contributed by atoms with Crippen molar-refractivity contribution in [3.05, 3.63) is 59.2 Å². The maximum atomic E-state index is 13.2. The molecule has 7 heteroatoms. The highest BCUT2D eigenvalue weighted by Gasteiger charge is 2.32. The van der Waals surface area contributed by atoms with Crippen LogP contribution in [0.4, 0.5) is 17.3 Å². The third kappa shape index (κ3) is 2.92. The van der Waals surface area contributed by atoms with Crippen LogP contribution in [0.5, 0.6) is 0 Å². The zero-order valence-corrected chi connectivity index (χ0v) is 14.9. The monoisotopic (exact) mass is 349 g/mol. The maximum absolute atomic E-state index is 13.2. The van der Waals surface area contributed by atoms with Gasteiger partial charge in [-0.3, -0.25) is 4.79 Å². The number of nitrogens with one attached hydrogen (secondary N) is 1. The number of aryl methyl sites for hydroxylation is 2. The number of hydrogen-bond donors (Lipinski definition) is 1. The molecule has 0 fully saturated rings. The quantitative estimate of drug-likeness (QED) is 0.780. The van der Waals surface area contributed by atoms with Crippen molar-refractivity contribution in [1.82, 2.24) is 15.1 Å². The second kappa shape index (κ2) is 6.25. The Morgan fingerprint density at radius 2 is 2.00 bits per heavy atom. The number of nitrogens with zero attached hydrogens (tertiary/aromatic N) is 4. The van der Waals surface area contributed by atoms with Gasteiger partial charge < -0.3 is 14.7 Å². The van der Waals surface area contributed by atoms with Gasteiger partial charge in [-0.25, -0.2) is 9.97 Å². The number of para-hydroxylation sites is 1. The molecule has 2 aromatic heterocycles. The molecular weight excluding hydrogens is 330 g/mol. The van der Waals surface area contributed by atoms with Crippen molar-refractivity contribution in [2.24, 2.45) is 0 Å². The van der Waals surface area contributed by atoms with Gasteiger partial charge in [0.2, 0.25) is 0 Å². The molecule has 1 aliphatic rings. The molecule has 1 atom stereocenters. The first-order chi connectivity index (χ1) is 12.5. The Hall–Kier alpha value is -3.22. The average molecular weight is 349 g/mol. The topological polar surface area (TPSA) is 84.2 Å². The SMILES string of the molecule is Cc1nc(Nc2cc(C)on2)cc(C(=O)N2c3ccccc3CC2C)n1. The summed E-state index contributed by atoms with van der Waals surface area (Å²) in [7, 11) is 0. The van der Waals surface area contributed by atoms with Crippen LogP contribution in [0.2, 0.25) is 0 Å². The number of carbonyl (C=O) groups excluding carboxylic acids is 1. The van der Waals surface area contributed by atoms with Gasteiger partial charge in [0.15, 0.2) is 5.82 Å². The van der Waals surface area contributed by atoms with Crippen molar-refractivity contribution >= 4 is 23.2 Å². The summed E-state index contributed by atoms with van der Waals surface area (Å²) in [5, 5.41) is 6.95. The minimum Gasteiger partial charge on any atom is -0.360 e. The van der Waals surface area contributed by atoms with Crippen LogP contribution in [0.3, 0.4) is 0 Å². The molecule has 1 unspecified atom stereocenters. The van der Waals surface area contributed by atoms with Gasteiger partial charge in [0.05, 0.1) is 0 Å². The Kier molecular flexibility index (Phi) is 3.91. The fourth-order valence-electron chi connectivity index (χ4n) is 3.30. The van der Waals surface area contributed by atoms with Crippen LogP contribution in [0, 0.1) is 13.8 Å². The molecule has 0 aliphatic carbocycles. The van der Waals surface area contributed by atoms with E-state index in [4.69, 9.17) is 4.52 Å². The molecule has 0 saturated carbocycles. The number of amides is 1. The van der Waals surface area contributed by atoms with Crippen LogP contribution in [-0.4, -0.2) is 27.1 Å². The van der Waals surface area contributed by atoms with E-state index in [1.807, 2.05) is 32.0 Å². The molecule has 1 aromatic carbocycles. The van der Waals surface area contributed by atoms with Gasteiger partial charge in [-0.15, -0.1) is 0 Å². The van der Waals surface area contributed by atoms with Crippen LogP contribution in [-0.2, 0) is 6.42 Å². The van der Waals surface area contributed by atoms with Gasteiger partial charge in [-0.1, -0.05) is 23.4 Å². The number of aromatic nitrogens is 3. The summed E-state index contributed by atoms with van der Waals surface area (Å²) in [6.07, 6.45) is 0.843. The Bertz CT molecular complexity index is 982. The summed E-state index contributed by atoms with van der Waals surface area (Å²) < 4.78 is 5.05. The van der Waals surface area contributed by atoms with Crippen molar-refractivity contribution < 1.29 is 9.32 Å². The van der Waals surface area contributed by atoms with E-state index in [0.29, 0.717) is 28.9 Å². The fraction of sp³-hybridized carbons (Fsp3) is 0.263. The second-order valence-electron chi connectivity index (χ2n) is 6.49. The van der Waals surface area contributed by atoms with Gasteiger partial charge >= 0.3 is 0 Å². The van der Waals surface area contributed by atoms with Gasteiger partial charge in [-0.05, 0) is 38.8 Å². The molecular formula is C19H19N5O2. The first-order valence-electron chi connectivity index (χ1n) is 8.49. The van der Waals surface area contributed by atoms with Gasteiger partial charge in [0.1, 0.15) is 23.1 Å². The summed E-state index contributed by atoms with van der Waals surface area (Å²) in [5.74, 6) is 2.12. The second-order valence-corrected chi connectivity index (χ2v) is 6.49. The molecule has 0 saturated heterocycles. The standard InChI is InChI=1S/C19H19N5O2/c1-11-8-14-6-4-5-7-16(14)24(11)19(25)15-10-17(21-13(3)20-15)22-18-9-12(2)26-23-18/h4-7,9-11H,8H2,1-3H3,(H,20,21,22,23). The number of carbonyl (C=O) groups is 1. The highest BCUT2D eigenvalue weighted by atomic mass is 16.5. The molecule has 0 spiro atoms. The van der Waals surface area contributed by atoms with Gasteiger partial charge in [-0.2, -0.15) is 0 Å². The Labute approximate surface area is 151 Å². The molecule has 1 amide bonds. The maximum Gasteiger partial charge on any atom is 0.277 e. The van der Waals surface area contributed by atoms with Gasteiger partial charge in [0.25, 0.3) is 5.91 Å². The molecule has 7 nitrogen and oxygen atoms in total. The fourth-order valence-corrected chi connectivity index (χ4v) is 3.30. The summed E-state index contributed by atoms with van der Waals surface area (Å²) in [6, 6.07) is 11.5. The lowest BCUT2D eigenvalue weighted by Crippen LogP contribution is -2.36. The average Bonchev–Trinajstić information content (AvgIpc) is 3.15. The number of benzene rings is 1. The van der Waals surface area contributed by atoms with Crippen LogP contribution in [0.25, 0.3) is 0 Å². The largest absolute Gasteiger partial charge is 0.360 e. The van der Waals surface area contributed by atoms with Crippen LogP contribution in [0.1, 0.15) is 34.6 Å². The summed E-state index contributed by atoms with van der Waals surface area (Å²) in [4.78, 5) is 23.6. The van der Waals surface area contributed by atoms with Crippen molar-refractivity contribution in [3.8, 4) is 0 Å². The summed E-state index contributed by atoms with van der Waals surface area (Å²) in [6.45, 7) is 5.62. The van der Waals surface area contributed by atoms with Crippen LogP contribution in [0.15, 0.2) is 40.9 Å². The summed E-state index contributed by atoms with van der Waals surface area (Å²) >= 11 is 0. The minimum atomic E-state index is -0.132. The van der Waals surface area contributed by atoms with Crippen molar-refractivity contribution in [1.29, 1.82) is 0 Å². The van der Waals surface area contributed by atoms with E-state index >= 15 is 0 Å². The predicted molar refractivity (Wildman–Crippen MR) is 97.7 cm³/mol. The molecule has 3 heterocycles. The van der Waals surface area contributed by atoms with E-state index in [2.05, 4.69) is 26.5 Å². The van der Waals surface area contributed by atoms with Gasteiger partial charge in [0, 0.05) is 23.9 Å². The summed E-state index contributed by atoms with van der Waals surface area (Å²) in [5.41, 5.74) is 2.47. The van der Waals surface area contributed by atoms with Crippen LogP contribution >= 0.6 is 0 Å². The normalized spacial score (nSPS) is 15.8. The van der Waals surface area contributed by atoms with E-state index in [1.54, 1.807) is 24.0 Å². The minimum absolute atomic E-state index is 0.0878. The van der Waals surface area contributed by atoms with E-state index in [0.717, 1.165) is 12.1 Å². The highest BCUT2D eigenvalue weighted by molar-refractivity contribution is 6.06. The highest BCUT2D eigenvalue weighted by Crippen LogP contribution is 2.33. The lowest BCUT2D eigenvalue weighted by atomic mass is 10.1. The van der Waals surface area contributed by atoms with E-state index < -0.39 is 0 Å². The molecule has 1 aliphatic heterocycles. The number of anilines is 3. The lowest BCUT2D eigenvalue weighted by Gasteiger charge is -2.22. The Morgan fingerprint density at radius 3 is 2.77 bits per heavy atom. The first kappa shape index (κ1) is 16.3. The smallest absolute Gasteiger partial charge is 0.277 e. The number of fused-ring (bicyclic) bond motifs is 1. The third-order valence-electron chi connectivity index (χ3n) is 4.37. The molecule has 3 aromatic rings. The lowest BCUT2D eigenvalue weighted by molar-refractivity contribution is 0.0976. The van der Waals surface area contributed by atoms with E-state index in [9.17, 15) is 4.79 Å². The third-order valence-corrected chi connectivity index (χ3v) is 4.37. The molecule has 0 bridgehead atoms. The zero-order valence-electron chi connectivity index (χ0n) is 14.9. The van der Waals surface area contributed by atoms with E-state index in [-0.39, 0.29) is 11.9 Å².